The molecule has 2 heterocycles. The molecule has 5 nitrogen and oxygen atoms in total. The molecule has 1 amide bonds. The zero-order valence-electron chi connectivity index (χ0n) is 16.2. The maximum Gasteiger partial charge on any atom is 0.251 e. The van der Waals surface area contributed by atoms with Crippen molar-refractivity contribution in [1.29, 1.82) is 0 Å². The molecule has 0 aliphatic carbocycles. The van der Waals surface area contributed by atoms with Gasteiger partial charge < -0.3 is 10.2 Å². The zero-order chi connectivity index (χ0) is 19.6. The third-order valence-electron chi connectivity index (χ3n) is 4.65. The van der Waals surface area contributed by atoms with Crippen LogP contribution in [0.15, 0.2) is 73.2 Å². The fourth-order valence-electron chi connectivity index (χ4n) is 2.97. The Hall–Kier alpha value is -3.21. The summed E-state index contributed by atoms with van der Waals surface area (Å²) in [4.78, 5) is 23.0. The SMILES string of the molecule is CN(CCc1ccncc1)c1cc(C(=O)NCCCc2ccccc2)ccn1. The summed E-state index contributed by atoms with van der Waals surface area (Å²) >= 11 is 0. The maximum atomic E-state index is 12.4. The van der Waals surface area contributed by atoms with E-state index < -0.39 is 0 Å². The molecule has 2 aromatic heterocycles. The first-order valence-corrected chi connectivity index (χ1v) is 9.60. The van der Waals surface area contributed by atoms with Gasteiger partial charge in [-0.1, -0.05) is 30.3 Å². The molecule has 0 saturated heterocycles. The number of aryl methyl sites for hydroxylation is 1. The van der Waals surface area contributed by atoms with Gasteiger partial charge in [0.25, 0.3) is 5.91 Å². The van der Waals surface area contributed by atoms with Crippen LogP contribution in [0.25, 0.3) is 0 Å². The van der Waals surface area contributed by atoms with Gasteiger partial charge in [0.1, 0.15) is 5.82 Å². The Bertz CT molecular complexity index is 868. The summed E-state index contributed by atoms with van der Waals surface area (Å²) in [5.74, 6) is 0.741. The number of hydrogen-bond donors (Lipinski definition) is 1. The molecule has 0 fully saturated rings. The minimum atomic E-state index is -0.0563. The van der Waals surface area contributed by atoms with Crippen LogP contribution in [0.4, 0.5) is 5.82 Å². The van der Waals surface area contributed by atoms with Crippen molar-refractivity contribution in [2.45, 2.75) is 19.3 Å². The quantitative estimate of drug-likeness (QED) is 0.582. The lowest BCUT2D eigenvalue weighted by Crippen LogP contribution is -2.26. The largest absolute Gasteiger partial charge is 0.359 e. The number of likely N-dealkylation sites (N-methyl/N-ethyl adjacent to an activating group) is 1. The van der Waals surface area contributed by atoms with E-state index in [1.54, 1.807) is 24.7 Å². The minimum absolute atomic E-state index is 0.0563. The highest BCUT2D eigenvalue weighted by atomic mass is 16.1. The van der Waals surface area contributed by atoms with Gasteiger partial charge in [-0.3, -0.25) is 9.78 Å². The van der Waals surface area contributed by atoms with Gasteiger partial charge in [0.2, 0.25) is 0 Å². The number of nitrogens with one attached hydrogen (secondary N) is 1. The second-order valence-electron chi connectivity index (χ2n) is 6.77. The molecule has 28 heavy (non-hydrogen) atoms. The lowest BCUT2D eigenvalue weighted by molar-refractivity contribution is 0.0953. The first kappa shape index (κ1) is 19.5. The number of carbonyl (C=O) groups excluding carboxylic acids is 1. The van der Waals surface area contributed by atoms with Crippen LogP contribution in [-0.4, -0.2) is 36.0 Å². The lowest BCUT2D eigenvalue weighted by Gasteiger charge is -2.18. The number of amides is 1. The molecule has 0 spiro atoms. The second kappa shape index (κ2) is 10.2. The van der Waals surface area contributed by atoms with Crippen LogP contribution in [0, 0.1) is 0 Å². The van der Waals surface area contributed by atoms with E-state index in [0.717, 1.165) is 31.6 Å². The summed E-state index contributed by atoms with van der Waals surface area (Å²) in [6, 6.07) is 17.9. The molecule has 3 aromatic rings. The van der Waals surface area contributed by atoms with E-state index in [1.165, 1.54) is 11.1 Å². The highest BCUT2D eigenvalue weighted by Gasteiger charge is 2.09. The van der Waals surface area contributed by atoms with Gasteiger partial charge in [0, 0.05) is 44.3 Å². The van der Waals surface area contributed by atoms with Crippen molar-refractivity contribution >= 4 is 11.7 Å². The number of pyridine rings is 2. The number of aromatic nitrogens is 2. The van der Waals surface area contributed by atoms with Crippen molar-refractivity contribution in [3.05, 3.63) is 89.9 Å². The Kier molecular flexibility index (Phi) is 7.13. The van der Waals surface area contributed by atoms with Crippen molar-refractivity contribution in [3.8, 4) is 0 Å². The van der Waals surface area contributed by atoms with Crippen LogP contribution in [0.1, 0.15) is 27.9 Å². The Balaban J connectivity index is 1.48. The molecule has 0 atom stereocenters. The van der Waals surface area contributed by atoms with Gasteiger partial charge in [-0.2, -0.15) is 0 Å². The van der Waals surface area contributed by atoms with E-state index in [-0.39, 0.29) is 5.91 Å². The average molecular weight is 374 g/mol. The molecule has 3 rings (SSSR count). The smallest absolute Gasteiger partial charge is 0.251 e. The Morgan fingerprint density at radius 3 is 2.50 bits per heavy atom. The van der Waals surface area contributed by atoms with Crippen molar-refractivity contribution < 1.29 is 4.79 Å². The number of hydrogen-bond acceptors (Lipinski definition) is 4. The monoisotopic (exact) mass is 374 g/mol. The molecule has 1 aromatic carbocycles. The predicted octanol–water partition coefficient (Wildman–Crippen LogP) is 3.52. The van der Waals surface area contributed by atoms with Gasteiger partial charge >= 0.3 is 0 Å². The molecule has 0 bridgehead atoms. The van der Waals surface area contributed by atoms with Gasteiger partial charge in [0.05, 0.1) is 0 Å². The normalized spacial score (nSPS) is 10.5. The molecule has 144 valence electrons. The van der Waals surface area contributed by atoms with Crippen molar-refractivity contribution in [2.75, 3.05) is 25.0 Å². The van der Waals surface area contributed by atoms with E-state index in [0.29, 0.717) is 12.1 Å². The van der Waals surface area contributed by atoms with Crippen molar-refractivity contribution in [3.63, 3.8) is 0 Å². The van der Waals surface area contributed by atoms with Crippen LogP contribution < -0.4 is 10.2 Å². The summed E-state index contributed by atoms with van der Waals surface area (Å²) in [5, 5.41) is 3.00. The maximum absolute atomic E-state index is 12.4. The minimum Gasteiger partial charge on any atom is -0.359 e. The summed E-state index contributed by atoms with van der Waals surface area (Å²) in [6.45, 7) is 1.47. The van der Waals surface area contributed by atoms with Crippen LogP contribution >= 0.6 is 0 Å². The molecule has 0 unspecified atom stereocenters. The summed E-state index contributed by atoms with van der Waals surface area (Å²) in [5.41, 5.74) is 3.16. The fraction of sp³-hybridized carbons (Fsp3) is 0.261. The molecule has 1 N–H and O–H groups in total. The summed E-state index contributed by atoms with van der Waals surface area (Å²) in [6.07, 6.45) is 8.07. The highest BCUT2D eigenvalue weighted by Crippen LogP contribution is 2.12. The van der Waals surface area contributed by atoms with Crippen LogP contribution in [0.5, 0.6) is 0 Å². The number of benzene rings is 1. The fourth-order valence-corrected chi connectivity index (χ4v) is 2.97. The zero-order valence-corrected chi connectivity index (χ0v) is 16.2. The summed E-state index contributed by atoms with van der Waals surface area (Å²) in [7, 11) is 1.99. The first-order chi connectivity index (χ1) is 13.7. The molecular weight excluding hydrogens is 348 g/mol. The van der Waals surface area contributed by atoms with Crippen molar-refractivity contribution in [2.24, 2.45) is 0 Å². The molecule has 0 radical (unpaired) electrons. The van der Waals surface area contributed by atoms with E-state index in [9.17, 15) is 4.79 Å². The Morgan fingerprint density at radius 2 is 1.71 bits per heavy atom. The Labute approximate surface area is 166 Å². The molecule has 0 aliphatic rings. The third kappa shape index (κ3) is 5.91. The van der Waals surface area contributed by atoms with E-state index in [1.807, 2.05) is 43.4 Å². The van der Waals surface area contributed by atoms with Crippen LogP contribution in [0.3, 0.4) is 0 Å². The number of carbonyl (C=O) groups is 1. The molecule has 0 saturated carbocycles. The highest BCUT2D eigenvalue weighted by molar-refractivity contribution is 5.94. The lowest BCUT2D eigenvalue weighted by atomic mass is 10.1. The first-order valence-electron chi connectivity index (χ1n) is 9.60. The van der Waals surface area contributed by atoms with Gasteiger partial charge in [-0.15, -0.1) is 0 Å². The third-order valence-corrected chi connectivity index (χ3v) is 4.65. The number of anilines is 1. The van der Waals surface area contributed by atoms with Gasteiger partial charge in [-0.05, 0) is 54.7 Å². The van der Waals surface area contributed by atoms with E-state index >= 15 is 0 Å². The standard InChI is InChI=1S/C23H26N4O/c1-27(17-12-20-9-14-24-15-10-20)22-18-21(11-16-25-22)23(28)26-13-5-8-19-6-3-2-4-7-19/h2-4,6-7,9-11,14-16,18H,5,8,12-13,17H2,1H3,(H,26,28). The van der Waals surface area contributed by atoms with E-state index in [2.05, 4.69) is 32.3 Å². The number of nitrogens with zero attached hydrogens (tertiary/aromatic N) is 3. The molecular formula is C23H26N4O. The molecule has 5 heteroatoms. The van der Waals surface area contributed by atoms with Crippen LogP contribution in [0.2, 0.25) is 0 Å². The topological polar surface area (TPSA) is 58.1 Å². The predicted molar refractivity (Wildman–Crippen MR) is 113 cm³/mol. The number of rotatable bonds is 9. The second-order valence-corrected chi connectivity index (χ2v) is 6.77. The van der Waals surface area contributed by atoms with Crippen LogP contribution in [-0.2, 0) is 12.8 Å². The Morgan fingerprint density at radius 1 is 0.964 bits per heavy atom. The molecule has 0 aliphatic heterocycles. The van der Waals surface area contributed by atoms with Crippen molar-refractivity contribution in [1.82, 2.24) is 15.3 Å². The summed E-state index contributed by atoms with van der Waals surface area (Å²) < 4.78 is 0. The average Bonchev–Trinajstić information content (AvgIpc) is 2.76. The van der Waals surface area contributed by atoms with E-state index in [4.69, 9.17) is 0 Å². The van der Waals surface area contributed by atoms with Gasteiger partial charge in [0.15, 0.2) is 0 Å². The van der Waals surface area contributed by atoms with Gasteiger partial charge in [-0.25, -0.2) is 4.98 Å².